The summed E-state index contributed by atoms with van der Waals surface area (Å²) in [6.07, 6.45) is 9.84. The molecule has 2 aromatic carbocycles. The van der Waals surface area contributed by atoms with Crippen molar-refractivity contribution in [3.8, 4) is 5.69 Å². The number of hydrogen-bond acceptors (Lipinski definition) is 3. The Morgan fingerprint density at radius 1 is 1.14 bits per heavy atom. The van der Waals surface area contributed by atoms with Gasteiger partial charge in [-0.05, 0) is 55.0 Å². The van der Waals surface area contributed by atoms with E-state index in [1.165, 1.54) is 31.4 Å². The van der Waals surface area contributed by atoms with Crippen LogP contribution in [0.2, 0.25) is 0 Å². The second-order valence-electron chi connectivity index (χ2n) is 8.16. The lowest BCUT2D eigenvalue weighted by Gasteiger charge is -2.07. The van der Waals surface area contributed by atoms with Crippen LogP contribution in [0.15, 0.2) is 67.3 Å². The number of Topliss-reactive ketones (excluding diaryl/α,β-unsaturated/α-hetero) is 1. The molecule has 2 aliphatic carbocycles. The van der Waals surface area contributed by atoms with Gasteiger partial charge in [-0.1, -0.05) is 36.4 Å². The monoisotopic (exact) mass is 371 g/mol. The third-order valence-electron chi connectivity index (χ3n) is 5.90. The van der Waals surface area contributed by atoms with E-state index in [1.54, 1.807) is 12.5 Å². The highest BCUT2D eigenvalue weighted by atomic mass is 16.1. The Bertz CT molecular complexity index is 958. The van der Waals surface area contributed by atoms with Gasteiger partial charge in [0.25, 0.3) is 0 Å². The molecule has 1 N–H and O–H groups in total. The van der Waals surface area contributed by atoms with Gasteiger partial charge in [-0.15, -0.1) is 0 Å². The predicted molar refractivity (Wildman–Crippen MR) is 110 cm³/mol. The van der Waals surface area contributed by atoms with E-state index < -0.39 is 0 Å². The second kappa shape index (κ2) is 7.36. The van der Waals surface area contributed by atoms with Crippen LogP contribution in [0, 0.1) is 5.92 Å². The Labute approximate surface area is 165 Å². The standard InChI is InChI=1S/C24H25N3O/c28-24(20-2-1-3-21(13-20)27-11-10-25-16-27)12-17-6-8-19(9-7-17)22-14-23(22)26-15-18-4-5-18/h1-3,6-11,13,16,18,22-23,26H,4-5,12,14-15H2. The highest BCUT2D eigenvalue weighted by Gasteiger charge is 2.38. The minimum atomic E-state index is 0.144. The van der Waals surface area contributed by atoms with Gasteiger partial charge in [0, 0.05) is 42.0 Å². The van der Waals surface area contributed by atoms with Crippen molar-refractivity contribution in [3.05, 3.63) is 83.9 Å². The van der Waals surface area contributed by atoms with Gasteiger partial charge in [-0.3, -0.25) is 4.79 Å². The molecule has 0 bridgehead atoms. The van der Waals surface area contributed by atoms with Crippen molar-refractivity contribution in [2.75, 3.05) is 6.54 Å². The molecule has 0 aliphatic heterocycles. The molecule has 2 unspecified atom stereocenters. The third-order valence-corrected chi connectivity index (χ3v) is 5.90. The minimum absolute atomic E-state index is 0.144. The first-order chi connectivity index (χ1) is 13.8. The molecule has 0 saturated heterocycles. The fraction of sp³-hybridized carbons (Fsp3) is 0.333. The number of carbonyl (C=O) groups is 1. The zero-order valence-electron chi connectivity index (χ0n) is 15.9. The van der Waals surface area contributed by atoms with Gasteiger partial charge >= 0.3 is 0 Å². The Kier molecular flexibility index (Phi) is 4.57. The fourth-order valence-corrected chi connectivity index (χ4v) is 3.85. The minimum Gasteiger partial charge on any atom is -0.313 e. The normalized spacial score (nSPS) is 20.9. The number of imidazole rings is 1. The largest absolute Gasteiger partial charge is 0.313 e. The number of aromatic nitrogens is 2. The van der Waals surface area contributed by atoms with Gasteiger partial charge in [-0.25, -0.2) is 4.98 Å². The highest BCUT2D eigenvalue weighted by molar-refractivity contribution is 5.98. The molecule has 2 fully saturated rings. The summed E-state index contributed by atoms with van der Waals surface area (Å²) in [4.78, 5) is 16.8. The maximum absolute atomic E-state index is 12.7. The second-order valence-corrected chi connectivity index (χ2v) is 8.16. The smallest absolute Gasteiger partial charge is 0.167 e. The van der Waals surface area contributed by atoms with E-state index in [4.69, 9.17) is 0 Å². The molecule has 0 amide bonds. The fourth-order valence-electron chi connectivity index (χ4n) is 3.85. The van der Waals surface area contributed by atoms with Crippen LogP contribution in [-0.2, 0) is 6.42 Å². The number of rotatable bonds is 8. The molecule has 4 heteroatoms. The Balaban J connectivity index is 1.20. The van der Waals surface area contributed by atoms with E-state index in [0.29, 0.717) is 18.4 Å². The number of hydrogen-bond donors (Lipinski definition) is 1. The molecule has 1 heterocycles. The van der Waals surface area contributed by atoms with Crippen LogP contribution in [0.4, 0.5) is 0 Å². The van der Waals surface area contributed by atoms with Gasteiger partial charge in [0.1, 0.15) is 0 Å². The summed E-state index contributed by atoms with van der Waals surface area (Å²) in [6.45, 7) is 1.19. The Morgan fingerprint density at radius 3 is 2.75 bits per heavy atom. The van der Waals surface area contributed by atoms with Gasteiger partial charge in [-0.2, -0.15) is 0 Å². The van der Waals surface area contributed by atoms with Gasteiger partial charge in [0.2, 0.25) is 0 Å². The maximum Gasteiger partial charge on any atom is 0.167 e. The lowest BCUT2D eigenvalue weighted by molar-refractivity contribution is 0.0993. The van der Waals surface area contributed by atoms with Crippen LogP contribution in [0.5, 0.6) is 0 Å². The first-order valence-electron chi connectivity index (χ1n) is 10.2. The number of carbonyl (C=O) groups excluding carboxylic acids is 1. The van der Waals surface area contributed by atoms with Gasteiger partial charge in [0.15, 0.2) is 5.78 Å². The molecule has 3 aromatic rings. The molecular formula is C24H25N3O. The van der Waals surface area contributed by atoms with Crippen LogP contribution >= 0.6 is 0 Å². The molecule has 2 atom stereocenters. The molecule has 2 aliphatic rings. The summed E-state index contributed by atoms with van der Waals surface area (Å²) in [7, 11) is 0. The summed E-state index contributed by atoms with van der Waals surface area (Å²) in [5.74, 6) is 1.72. The average Bonchev–Trinajstić information content (AvgIpc) is 3.64. The van der Waals surface area contributed by atoms with Crippen molar-refractivity contribution >= 4 is 5.78 Å². The molecule has 2 saturated carbocycles. The van der Waals surface area contributed by atoms with E-state index in [9.17, 15) is 4.79 Å². The molecule has 0 radical (unpaired) electrons. The van der Waals surface area contributed by atoms with Crippen molar-refractivity contribution in [1.82, 2.24) is 14.9 Å². The van der Waals surface area contributed by atoms with Crippen molar-refractivity contribution in [2.24, 2.45) is 5.92 Å². The van der Waals surface area contributed by atoms with E-state index >= 15 is 0 Å². The van der Waals surface area contributed by atoms with Crippen molar-refractivity contribution in [3.63, 3.8) is 0 Å². The summed E-state index contributed by atoms with van der Waals surface area (Å²) in [5.41, 5.74) is 4.16. The van der Waals surface area contributed by atoms with Crippen LogP contribution in [0.3, 0.4) is 0 Å². The van der Waals surface area contributed by atoms with Crippen molar-refractivity contribution in [2.45, 2.75) is 37.6 Å². The number of nitrogens with zero attached hydrogens (tertiary/aromatic N) is 2. The zero-order valence-corrected chi connectivity index (χ0v) is 15.9. The molecule has 0 spiro atoms. The summed E-state index contributed by atoms with van der Waals surface area (Å²) in [6, 6.07) is 17.0. The SMILES string of the molecule is O=C(Cc1ccc(C2CC2NCC2CC2)cc1)c1cccc(-n2ccnc2)c1. The van der Waals surface area contributed by atoms with Crippen molar-refractivity contribution in [1.29, 1.82) is 0 Å². The maximum atomic E-state index is 12.7. The third kappa shape index (κ3) is 3.92. The molecule has 4 nitrogen and oxygen atoms in total. The van der Waals surface area contributed by atoms with E-state index in [1.807, 2.05) is 35.0 Å². The summed E-state index contributed by atoms with van der Waals surface area (Å²) < 4.78 is 1.91. The molecule has 28 heavy (non-hydrogen) atoms. The molecule has 142 valence electrons. The highest BCUT2D eigenvalue weighted by Crippen LogP contribution is 2.41. The number of ketones is 1. The van der Waals surface area contributed by atoms with Crippen LogP contribution < -0.4 is 5.32 Å². The summed E-state index contributed by atoms with van der Waals surface area (Å²) >= 11 is 0. The van der Waals surface area contributed by atoms with Crippen LogP contribution in [0.1, 0.15) is 46.7 Å². The first-order valence-corrected chi connectivity index (χ1v) is 10.2. The lowest BCUT2D eigenvalue weighted by Crippen LogP contribution is -2.20. The zero-order chi connectivity index (χ0) is 18.9. The Hall–Kier alpha value is -2.72. The lowest BCUT2D eigenvalue weighted by atomic mass is 10.0. The summed E-state index contributed by atoms with van der Waals surface area (Å²) in [5, 5.41) is 3.69. The van der Waals surface area contributed by atoms with Gasteiger partial charge < -0.3 is 9.88 Å². The number of benzene rings is 2. The Morgan fingerprint density at radius 2 is 2.00 bits per heavy atom. The number of nitrogens with one attached hydrogen (secondary N) is 1. The van der Waals surface area contributed by atoms with Crippen LogP contribution in [-0.4, -0.2) is 27.9 Å². The van der Waals surface area contributed by atoms with Gasteiger partial charge in [0.05, 0.1) is 6.33 Å². The topological polar surface area (TPSA) is 46.9 Å². The van der Waals surface area contributed by atoms with E-state index in [2.05, 4.69) is 34.6 Å². The quantitative estimate of drug-likeness (QED) is 0.605. The van der Waals surface area contributed by atoms with E-state index in [-0.39, 0.29) is 5.78 Å². The molecular weight excluding hydrogens is 346 g/mol. The predicted octanol–water partition coefficient (Wildman–Crippen LogP) is 4.15. The van der Waals surface area contributed by atoms with Crippen LogP contribution in [0.25, 0.3) is 5.69 Å². The molecule has 5 rings (SSSR count). The average molecular weight is 371 g/mol. The van der Waals surface area contributed by atoms with E-state index in [0.717, 1.165) is 22.7 Å². The van der Waals surface area contributed by atoms with Crippen molar-refractivity contribution < 1.29 is 4.79 Å². The first kappa shape index (κ1) is 17.4. The molecule has 1 aromatic heterocycles.